The lowest BCUT2D eigenvalue weighted by Crippen LogP contribution is -2.56. The Bertz CT molecular complexity index is 616. The van der Waals surface area contributed by atoms with E-state index in [0.717, 1.165) is 68.6 Å². The van der Waals surface area contributed by atoms with E-state index >= 15 is 0 Å². The zero-order valence-electron chi connectivity index (χ0n) is 16.2. The molecule has 1 N–H and O–H groups in total. The molecule has 0 aromatic carbocycles. The van der Waals surface area contributed by atoms with E-state index in [1.54, 1.807) is 0 Å². The van der Waals surface area contributed by atoms with Crippen molar-refractivity contribution >= 4 is 11.8 Å². The number of rotatable bonds is 3. The van der Waals surface area contributed by atoms with Gasteiger partial charge < -0.3 is 19.6 Å². The molecule has 2 saturated heterocycles. The number of hydrogen-bond donors (Lipinski definition) is 1. The summed E-state index contributed by atoms with van der Waals surface area (Å²) in [5.74, 6) is 2.32. The molecule has 2 aliphatic rings. The molecule has 1 aromatic heterocycles. The van der Waals surface area contributed by atoms with Crippen LogP contribution in [0.15, 0.2) is 0 Å². The number of aromatic nitrogens is 2. The van der Waals surface area contributed by atoms with Gasteiger partial charge in [0.1, 0.15) is 5.82 Å². The van der Waals surface area contributed by atoms with E-state index in [-0.39, 0.29) is 5.92 Å². The van der Waals surface area contributed by atoms with Crippen molar-refractivity contribution in [2.24, 2.45) is 11.8 Å². The third kappa shape index (κ3) is 3.47. The first-order valence-electron chi connectivity index (χ1n) is 9.40. The van der Waals surface area contributed by atoms with Gasteiger partial charge in [-0.25, -0.2) is 4.98 Å². The highest BCUT2D eigenvalue weighted by molar-refractivity contribution is 5.52. The summed E-state index contributed by atoms with van der Waals surface area (Å²) in [6.45, 7) is 9.53. The molecule has 6 heteroatoms. The van der Waals surface area contributed by atoms with Crippen LogP contribution in [0.25, 0.3) is 0 Å². The van der Waals surface area contributed by atoms with Gasteiger partial charge in [-0.3, -0.25) is 0 Å². The second-order valence-electron chi connectivity index (χ2n) is 7.93. The molecular weight excluding hydrogens is 316 g/mol. The van der Waals surface area contributed by atoms with Gasteiger partial charge in [0.2, 0.25) is 5.95 Å². The van der Waals surface area contributed by atoms with E-state index in [2.05, 4.69) is 23.7 Å². The smallest absolute Gasteiger partial charge is 0.227 e. The van der Waals surface area contributed by atoms with Gasteiger partial charge in [0.05, 0.1) is 5.60 Å². The van der Waals surface area contributed by atoms with Crippen LogP contribution in [-0.2, 0) is 4.74 Å². The van der Waals surface area contributed by atoms with Crippen molar-refractivity contribution in [2.45, 2.75) is 45.6 Å². The predicted octanol–water partition coefficient (Wildman–Crippen LogP) is 2.16. The summed E-state index contributed by atoms with van der Waals surface area (Å²) in [4.78, 5) is 13.6. The van der Waals surface area contributed by atoms with Crippen LogP contribution in [0.4, 0.5) is 11.8 Å². The van der Waals surface area contributed by atoms with Crippen LogP contribution in [0.3, 0.4) is 0 Å². The number of aryl methyl sites for hydroxylation is 1. The summed E-state index contributed by atoms with van der Waals surface area (Å²) in [5.41, 5.74) is 1.57. The van der Waals surface area contributed by atoms with Crippen LogP contribution >= 0.6 is 0 Å². The highest BCUT2D eigenvalue weighted by Gasteiger charge is 2.45. The largest absolute Gasteiger partial charge is 0.389 e. The molecule has 6 nitrogen and oxygen atoms in total. The Labute approximate surface area is 151 Å². The number of anilines is 2. The van der Waals surface area contributed by atoms with Gasteiger partial charge in [-0.15, -0.1) is 0 Å². The maximum absolute atomic E-state index is 11.4. The summed E-state index contributed by atoms with van der Waals surface area (Å²) in [6.07, 6.45) is 2.73. The lowest BCUT2D eigenvalue weighted by molar-refractivity contribution is -0.108. The van der Waals surface area contributed by atoms with E-state index in [0.29, 0.717) is 5.92 Å². The Hall–Kier alpha value is -1.40. The van der Waals surface area contributed by atoms with Gasteiger partial charge in [-0.1, -0.05) is 6.92 Å². The van der Waals surface area contributed by atoms with E-state index in [1.165, 1.54) is 0 Å². The van der Waals surface area contributed by atoms with Crippen LogP contribution in [0, 0.1) is 25.7 Å². The quantitative estimate of drug-likeness (QED) is 0.903. The zero-order chi connectivity index (χ0) is 18.2. The van der Waals surface area contributed by atoms with Crippen molar-refractivity contribution in [2.75, 3.05) is 50.2 Å². The van der Waals surface area contributed by atoms with E-state index in [4.69, 9.17) is 9.72 Å². The van der Waals surface area contributed by atoms with Crippen molar-refractivity contribution in [3.63, 3.8) is 0 Å². The third-order valence-corrected chi connectivity index (χ3v) is 6.11. The predicted molar refractivity (Wildman–Crippen MR) is 100 cm³/mol. The highest BCUT2D eigenvalue weighted by Crippen LogP contribution is 2.40. The Morgan fingerprint density at radius 3 is 2.48 bits per heavy atom. The molecule has 25 heavy (non-hydrogen) atoms. The van der Waals surface area contributed by atoms with Crippen LogP contribution < -0.4 is 9.80 Å². The first-order chi connectivity index (χ1) is 11.8. The summed E-state index contributed by atoms with van der Waals surface area (Å²) in [5, 5.41) is 11.4. The Morgan fingerprint density at radius 2 is 1.88 bits per heavy atom. The maximum Gasteiger partial charge on any atom is 0.227 e. The molecule has 0 saturated carbocycles. The molecule has 2 fully saturated rings. The lowest BCUT2D eigenvalue weighted by atomic mass is 9.70. The van der Waals surface area contributed by atoms with Crippen LogP contribution in [0.2, 0.25) is 0 Å². The SMILES string of the molecule is Cc1nc(N(C)C)nc(N2CC[C@@](O)(C3CCOCC3)[C@H](C)C2)c1C. The standard InChI is InChI=1S/C19H32N4O2/c1-13-12-23(9-8-19(13,24)16-6-10-25-11-7-16)17-14(2)15(3)20-18(21-17)22(4)5/h13,16,24H,6-12H2,1-5H3/t13-,19+/m1/s1. The number of aliphatic hydroxyl groups is 1. The van der Waals surface area contributed by atoms with Crippen molar-refractivity contribution in [1.82, 2.24) is 9.97 Å². The normalized spacial score (nSPS) is 28.2. The number of ether oxygens (including phenoxy) is 1. The number of nitrogens with zero attached hydrogens (tertiary/aromatic N) is 4. The second-order valence-corrected chi connectivity index (χ2v) is 7.93. The average molecular weight is 348 g/mol. The second kappa shape index (κ2) is 7.08. The number of piperidine rings is 1. The molecule has 0 unspecified atom stereocenters. The molecular formula is C19H32N4O2. The van der Waals surface area contributed by atoms with Crippen LogP contribution in [0.1, 0.15) is 37.4 Å². The molecule has 2 aliphatic heterocycles. The summed E-state index contributed by atoms with van der Waals surface area (Å²) >= 11 is 0. The van der Waals surface area contributed by atoms with Gasteiger partial charge in [0, 0.05) is 57.6 Å². The monoisotopic (exact) mass is 348 g/mol. The molecule has 2 atom stereocenters. The van der Waals surface area contributed by atoms with Crippen LogP contribution in [0.5, 0.6) is 0 Å². The minimum Gasteiger partial charge on any atom is -0.389 e. The van der Waals surface area contributed by atoms with Gasteiger partial charge >= 0.3 is 0 Å². The third-order valence-electron chi connectivity index (χ3n) is 6.11. The fourth-order valence-corrected chi connectivity index (χ4v) is 4.24. The molecule has 0 aliphatic carbocycles. The van der Waals surface area contributed by atoms with E-state index in [1.807, 2.05) is 25.9 Å². The molecule has 3 heterocycles. The Kier molecular flexibility index (Phi) is 5.21. The minimum absolute atomic E-state index is 0.210. The zero-order valence-corrected chi connectivity index (χ0v) is 16.2. The van der Waals surface area contributed by atoms with Crippen molar-refractivity contribution < 1.29 is 9.84 Å². The summed E-state index contributed by atoms with van der Waals surface area (Å²) in [7, 11) is 3.94. The topological polar surface area (TPSA) is 61.7 Å². The van der Waals surface area contributed by atoms with Gasteiger partial charge in [-0.2, -0.15) is 4.98 Å². The van der Waals surface area contributed by atoms with Gasteiger partial charge in [0.15, 0.2) is 0 Å². The Balaban J connectivity index is 1.81. The van der Waals surface area contributed by atoms with Gasteiger partial charge in [-0.05, 0) is 39.0 Å². The summed E-state index contributed by atoms with van der Waals surface area (Å²) in [6, 6.07) is 0. The first kappa shape index (κ1) is 18.4. The Morgan fingerprint density at radius 1 is 1.20 bits per heavy atom. The molecule has 3 rings (SSSR count). The van der Waals surface area contributed by atoms with Crippen LogP contribution in [-0.4, -0.2) is 61.1 Å². The fraction of sp³-hybridized carbons (Fsp3) is 0.789. The average Bonchev–Trinajstić information content (AvgIpc) is 2.60. The van der Waals surface area contributed by atoms with Crippen molar-refractivity contribution in [3.8, 4) is 0 Å². The molecule has 0 spiro atoms. The molecule has 0 bridgehead atoms. The van der Waals surface area contributed by atoms with E-state index < -0.39 is 5.60 Å². The van der Waals surface area contributed by atoms with Crippen molar-refractivity contribution in [1.29, 1.82) is 0 Å². The molecule has 140 valence electrons. The van der Waals surface area contributed by atoms with Crippen molar-refractivity contribution in [3.05, 3.63) is 11.3 Å². The molecule has 1 aromatic rings. The summed E-state index contributed by atoms with van der Waals surface area (Å²) < 4.78 is 5.48. The number of hydrogen-bond acceptors (Lipinski definition) is 6. The molecule has 0 radical (unpaired) electrons. The fourth-order valence-electron chi connectivity index (χ4n) is 4.24. The lowest BCUT2D eigenvalue weighted by Gasteiger charge is -2.49. The first-order valence-corrected chi connectivity index (χ1v) is 9.40. The van der Waals surface area contributed by atoms with Gasteiger partial charge in [0.25, 0.3) is 0 Å². The van der Waals surface area contributed by atoms with E-state index in [9.17, 15) is 5.11 Å². The maximum atomic E-state index is 11.4. The highest BCUT2D eigenvalue weighted by atomic mass is 16.5. The molecule has 0 amide bonds. The minimum atomic E-state index is -0.583.